The van der Waals surface area contributed by atoms with Crippen molar-refractivity contribution in [1.82, 2.24) is 5.32 Å². The third-order valence-corrected chi connectivity index (χ3v) is 7.44. The van der Waals surface area contributed by atoms with E-state index in [2.05, 4.69) is 12.2 Å². The number of unbranched alkanes of at least 4 members (excludes halogenated alkanes) is 13. The maximum Gasteiger partial charge on any atom is 0.268 e. The van der Waals surface area contributed by atoms with Gasteiger partial charge in [0.1, 0.15) is 13.2 Å². The van der Waals surface area contributed by atoms with Gasteiger partial charge in [0.15, 0.2) is 0 Å². The van der Waals surface area contributed by atoms with Crippen molar-refractivity contribution in [1.29, 1.82) is 0 Å². The Kier molecular flexibility index (Phi) is 22.5. The summed E-state index contributed by atoms with van der Waals surface area (Å²) in [7, 11) is 1.25. The Hall–Kier alpha value is -0.760. The molecule has 2 N–H and O–H groups in total. The molecule has 0 saturated carbocycles. The molecule has 0 aliphatic rings. The average Bonchev–Trinajstić information content (AvgIpc) is 2.83. The largest absolute Gasteiger partial charge is 0.756 e. The van der Waals surface area contributed by atoms with Crippen LogP contribution < -0.4 is 10.2 Å². The van der Waals surface area contributed by atoms with Gasteiger partial charge in [0.2, 0.25) is 5.91 Å². The van der Waals surface area contributed by atoms with Crippen molar-refractivity contribution >= 4 is 13.7 Å². The molecule has 0 aliphatic heterocycles. The predicted octanol–water partition coefficient (Wildman–Crippen LogP) is 5.88. The minimum atomic E-state index is -4.54. The van der Waals surface area contributed by atoms with Gasteiger partial charge in [-0.2, -0.15) is 0 Å². The minimum absolute atomic E-state index is 0.000687. The second kappa shape index (κ2) is 23.0. The molecule has 0 bridgehead atoms. The first-order chi connectivity index (χ1) is 18.0. The highest BCUT2D eigenvalue weighted by Gasteiger charge is 2.23. The number of rotatable bonds is 26. The molecule has 9 heteroatoms. The fourth-order valence-electron chi connectivity index (χ4n) is 3.98. The smallest absolute Gasteiger partial charge is 0.268 e. The fourth-order valence-corrected chi connectivity index (χ4v) is 4.70. The molecule has 226 valence electrons. The number of aliphatic hydroxyl groups excluding tert-OH is 1. The number of carbonyl (C=O) groups is 1. The van der Waals surface area contributed by atoms with Gasteiger partial charge >= 0.3 is 0 Å². The van der Waals surface area contributed by atoms with Gasteiger partial charge in [-0.25, -0.2) is 0 Å². The van der Waals surface area contributed by atoms with Crippen molar-refractivity contribution < 1.29 is 32.9 Å². The van der Waals surface area contributed by atoms with E-state index in [0.29, 0.717) is 17.4 Å². The number of nitrogens with one attached hydrogen (secondary N) is 1. The lowest BCUT2D eigenvalue weighted by Gasteiger charge is -2.29. The lowest BCUT2D eigenvalue weighted by atomic mass is 10.0. The van der Waals surface area contributed by atoms with Gasteiger partial charge < -0.3 is 28.8 Å². The van der Waals surface area contributed by atoms with Gasteiger partial charge in [-0.1, -0.05) is 109 Å². The van der Waals surface area contributed by atoms with E-state index in [9.17, 15) is 19.4 Å². The Morgan fingerprint density at radius 2 is 1.42 bits per heavy atom. The molecule has 1 amide bonds. The van der Waals surface area contributed by atoms with Gasteiger partial charge in [0.05, 0.1) is 39.9 Å². The van der Waals surface area contributed by atoms with Gasteiger partial charge in [-0.15, -0.1) is 0 Å². The first-order valence-corrected chi connectivity index (χ1v) is 16.5. The van der Waals surface area contributed by atoms with Crippen molar-refractivity contribution in [2.75, 3.05) is 40.9 Å². The Labute approximate surface area is 233 Å². The SMILES string of the molecule is CCC/C=C/C(O)C(COP(=O)([O-])OCC[N+](C)(C)C)NC(=O)CCCCCCCCCCCCCCC. The standard InChI is InChI=1S/C29H59N2O6P/c1-6-8-10-11-12-13-14-15-16-17-18-19-21-23-29(33)30-27(28(32)22-20-9-7-2)26-37-38(34,35)36-25-24-31(3,4)5/h20,22,27-28,32H,6-19,21,23-26H2,1-5H3,(H-,30,33,34,35)/b22-20+. The summed E-state index contributed by atoms with van der Waals surface area (Å²) in [5.74, 6) is -0.212. The fraction of sp³-hybridized carbons (Fsp3) is 0.897. The maximum atomic E-state index is 12.5. The van der Waals surface area contributed by atoms with Crippen LogP contribution in [0.15, 0.2) is 12.2 Å². The van der Waals surface area contributed by atoms with E-state index in [0.717, 1.165) is 32.1 Å². The van der Waals surface area contributed by atoms with E-state index in [-0.39, 0.29) is 19.1 Å². The van der Waals surface area contributed by atoms with Crippen LogP contribution in [-0.4, -0.2) is 68.5 Å². The molecule has 3 unspecified atom stereocenters. The zero-order valence-corrected chi connectivity index (χ0v) is 26.0. The summed E-state index contributed by atoms with van der Waals surface area (Å²) >= 11 is 0. The van der Waals surface area contributed by atoms with E-state index >= 15 is 0 Å². The zero-order chi connectivity index (χ0) is 28.7. The number of likely N-dealkylation sites (N-methyl/N-ethyl adjacent to an activating group) is 1. The third-order valence-electron chi connectivity index (χ3n) is 6.48. The van der Waals surface area contributed by atoms with Gasteiger partial charge in [0, 0.05) is 6.42 Å². The normalized spacial score (nSPS) is 15.4. The first kappa shape index (κ1) is 37.2. The molecule has 0 radical (unpaired) electrons. The highest BCUT2D eigenvalue weighted by Crippen LogP contribution is 2.38. The highest BCUT2D eigenvalue weighted by atomic mass is 31.2. The molecule has 0 fully saturated rings. The number of quaternary nitrogens is 1. The number of phosphoric acid groups is 1. The number of phosphoric ester groups is 1. The van der Waals surface area contributed by atoms with Crippen LogP contribution >= 0.6 is 7.82 Å². The van der Waals surface area contributed by atoms with E-state index in [1.807, 2.05) is 34.1 Å². The van der Waals surface area contributed by atoms with Crippen LogP contribution in [0.25, 0.3) is 0 Å². The molecule has 0 aromatic heterocycles. The molecule has 0 aromatic rings. The number of carbonyl (C=O) groups excluding carboxylic acids is 1. The van der Waals surface area contributed by atoms with Crippen molar-refractivity contribution in [2.24, 2.45) is 0 Å². The molecule has 0 heterocycles. The Bertz CT molecular complexity index is 653. The number of allylic oxidation sites excluding steroid dienone is 1. The van der Waals surface area contributed by atoms with Crippen LogP contribution in [0.3, 0.4) is 0 Å². The van der Waals surface area contributed by atoms with Gasteiger partial charge in [0.25, 0.3) is 7.82 Å². The lowest BCUT2D eigenvalue weighted by molar-refractivity contribution is -0.870. The molecular weight excluding hydrogens is 503 g/mol. The number of amides is 1. The molecule has 0 rings (SSSR count). The lowest BCUT2D eigenvalue weighted by Crippen LogP contribution is -2.45. The molecule has 0 saturated heterocycles. The summed E-state index contributed by atoms with van der Waals surface area (Å²) in [4.78, 5) is 24.7. The van der Waals surface area contributed by atoms with Crippen molar-refractivity contribution in [3.05, 3.63) is 12.2 Å². The third kappa shape index (κ3) is 24.3. The molecule has 3 atom stereocenters. The summed E-state index contributed by atoms with van der Waals surface area (Å²) < 4.78 is 22.7. The summed E-state index contributed by atoms with van der Waals surface area (Å²) in [5, 5.41) is 13.3. The zero-order valence-electron chi connectivity index (χ0n) is 25.1. The van der Waals surface area contributed by atoms with Crippen LogP contribution in [0.5, 0.6) is 0 Å². The van der Waals surface area contributed by atoms with Crippen LogP contribution in [0.2, 0.25) is 0 Å². The second-order valence-electron chi connectivity index (χ2n) is 11.5. The Morgan fingerprint density at radius 3 is 1.92 bits per heavy atom. The topological polar surface area (TPSA) is 108 Å². The monoisotopic (exact) mass is 562 g/mol. The molecular formula is C29H59N2O6P. The molecule has 8 nitrogen and oxygen atoms in total. The van der Waals surface area contributed by atoms with Crippen LogP contribution in [0.4, 0.5) is 0 Å². The second-order valence-corrected chi connectivity index (χ2v) is 12.9. The van der Waals surface area contributed by atoms with E-state index in [4.69, 9.17) is 9.05 Å². The molecule has 0 aromatic carbocycles. The molecule has 0 spiro atoms. The van der Waals surface area contributed by atoms with Crippen LogP contribution in [-0.2, 0) is 18.4 Å². The van der Waals surface area contributed by atoms with Crippen molar-refractivity contribution in [3.8, 4) is 0 Å². The van der Waals surface area contributed by atoms with Crippen molar-refractivity contribution in [2.45, 2.75) is 129 Å². The number of aliphatic hydroxyl groups is 1. The summed E-state index contributed by atoms with van der Waals surface area (Å²) in [6, 6.07) is -0.873. The number of hydrogen-bond donors (Lipinski definition) is 2. The van der Waals surface area contributed by atoms with Crippen molar-refractivity contribution in [3.63, 3.8) is 0 Å². The molecule has 0 aliphatic carbocycles. The van der Waals surface area contributed by atoms with E-state index < -0.39 is 20.0 Å². The van der Waals surface area contributed by atoms with E-state index in [1.165, 1.54) is 64.2 Å². The molecule has 38 heavy (non-hydrogen) atoms. The van der Waals surface area contributed by atoms with Crippen LogP contribution in [0.1, 0.15) is 117 Å². The summed E-state index contributed by atoms with van der Waals surface area (Å²) in [5.41, 5.74) is 0. The Balaban J connectivity index is 4.32. The summed E-state index contributed by atoms with van der Waals surface area (Å²) in [6.07, 6.45) is 20.4. The maximum absolute atomic E-state index is 12.5. The predicted molar refractivity (Wildman–Crippen MR) is 155 cm³/mol. The first-order valence-electron chi connectivity index (χ1n) is 15.1. The van der Waals surface area contributed by atoms with Gasteiger partial charge in [-0.3, -0.25) is 9.36 Å². The average molecular weight is 563 g/mol. The Morgan fingerprint density at radius 1 is 0.895 bits per heavy atom. The number of nitrogens with zero attached hydrogens (tertiary/aromatic N) is 1. The van der Waals surface area contributed by atoms with Gasteiger partial charge in [-0.05, 0) is 12.8 Å². The minimum Gasteiger partial charge on any atom is -0.756 e. The van der Waals surface area contributed by atoms with Crippen LogP contribution in [0, 0.1) is 0 Å². The quantitative estimate of drug-likeness (QED) is 0.0590. The summed E-state index contributed by atoms with van der Waals surface area (Å²) in [6.45, 7) is 4.39. The number of hydrogen-bond acceptors (Lipinski definition) is 6. The highest BCUT2D eigenvalue weighted by molar-refractivity contribution is 7.45. The van der Waals surface area contributed by atoms with E-state index in [1.54, 1.807) is 6.08 Å².